The topological polar surface area (TPSA) is 69.6 Å². The van der Waals surface area contributed by atoms with Gasteiger partial charge in [0.15, 0.2) is 0 Å². The molecule has 0 radical (unpaired) electrons. The van der Waals surface area contributed by atoms with Crippen LogP contribution in [0.25, 0.3) is 0 Å². The van der Waals surface area contributed by atoms with Gasteiger partial charge in [-0.3, -0.25) is 10.1 Å². The Morgan fingerprint density at radius 2 is 2.07 bits per heavy atom. The number of nitrogens with one attached hydrogen (secondary N) is 1. The third-order valence-corrected chi connectivity index (χ3v) is 2.93. The van der Waals surface area contributed by atoms with E-state index < -0.39 is 17.7 Å². The van der Waals surface area contributed by atoms with E-state index in [1.54, 1.807) is 0 Å². The highest BCUT2D eigenvalue weighted by Crippen LogP contribution is 2.36. The molecule has 3 N–H and O–H groups in total. The maximum absolute atomic E-state index is 10.8. The van der Waals surface area contributed by atoms with Crippen molar-refractivity contribution in [3.05, 3.63) is 0 Å². The maximum Gasteiger partial charge on any atom is 0.323 e. The van der Waals surface area contributed by atoms with E-state index in [9.17, 15) is 9.90 Å². The molecule has 0 aromatic heterocycles. The normalized spacial score (nSPS) is 19.9. The van der Waals surface area contributed by atoms with Crippen LogP contribution in [0.4, 0.5) is 0 Å². The Morgan fingerprint density at radius 1 is 1.40 bits per heavy atom. The van der Waals surface area contributed by atoms with E-state index in [0.717, 1.165) is 12.8 Å². The van der Waals surface area contributed by atoms with Crippen LogP contribution in [0.15, 0.2) is 0 Å². The number of carboxylic acids is 1. The zero-order valence-corrected chi connectivity index (χ0v) is 9.33. The van der Waals surface area contributed by atoms with Crippen molar-refractivity contribution >= 4 is 5.97 Å². The minimum absolute atomic E-state index is 0.633. The number of hydrogen-bond acceptors (Lipinski definition) is 3. The first-order chi connectivity index (χ1) is 7.10. The molecule has 0 aliphatic heterocycles. The summed E-state index contributed by atoms with van der Waals surface area (Å²) in [4.78, 5) is 10.8. The van der Waals surface area contributed by atoms with Crippen LogP contribution in [0.1, 0.15) is 51.9 Å². The van der Waals surface area contributed by atoms with Gasteiger partial charge in [-0.2, -0.15) is 0 Å². The minimum Gasteiger partial charge on any atom is -0.480 e. The van der Waals surface area contributed by atoms with Gasteiger partial charge in [0.2, 0.25) is 0 Å². The molecule has 0 heterocycles. The number of rotatable bonds is 8. The number of carboxylic acid groups (broad SMARTS) is 1. The highest BCUT2D eigenvalue weighted by molar-refractivity contribution is 5.82. The van der Waals surface area contributed by atoms with Crippen molar-refractivity contribution in [1.82, 2.24) is 5.32 Å². The van der Waals surface area contributed by atoms with E-state index in [1.807, 2.05) is 0 Å². The summed E-state index contributed by atoms with van der Waals surface area (Å²) in [5, 5.41) is 21.3. The summed E-state index contributed by atoms with van der Waals surface area (Å²) in [7, 11) is 0. The quantitative estimate of drug-likeness (QED) is 0.424. The van der Waals surface area contributed by atoms with Gasteiger partial charge in [0, 0.05) is 0 Å². The van der Waals surface area contributed by atoms with E-state index in [2.05, 4.69) is 12.2 Å². The molecule has 1 saturated carbocycles. The van der Waals surface area contributed by atoms with E-state index in [4.69, 9.17) is 5.11 Å². The summed E-state index contributed by atoms with van der Waals surface area (Å²) >= 11 is 0. The standard InChI is InChI=1S/C11H21NO3/c1-2-3-4-5-6-9(13)12-11(7-8-11)10(14)15/h9,12-13H,2-8H2,1H3,(H,14,15). The molecule has 1 fully saturated rings. The Hall–Kier alpha value is -0.610. The van der Waals surface area contributed by atoms with E-state index >= 15 is 0 Å². The van der Waals surface area contributed by atoms with E-state index in [1.165, 1.54) is 12.8 Å². The van der Waals surface area contributed by atoms with Gasteiger partial charge >= 0.3 is 5.97 Å². The number of aliphatic carboxylic acids is 1. The van der Waals surface area contributed by atoms with Gasteiger partial charge in [-0.15, -0.1) is 0 Å². The van der Waals surface area contributed by atoms with Crippen molar-refractivity contribution in [3.8, 4) is 0 Å². The van der Waals surface area contributed by atoms with Crippen molar-refractivity contribution in [2.45, 2.75) is 63.6 Å². The van der Waals surface area contributed by atoms with Gasteiger partial charge in [0.25, 0.3) is 0 Å². The minimum atomic E-state index is -0.838. The van der Waals surface area contributed by atoms with Crippen LogP contribution in [0.3, 0.4) is 0 Å². The molecule has 88 valence electrons. The number of hydrogen-bond donors (Lipinski definition) is 3. The zero-order valence-electron chi connectivity index (χ0n) is 9.33. The van der Waals surface area contributed by atoms with Gasteiger partial charge in [-0.1, -0.05) is 26.2 Å². The molecule has 1 atom stereocenters. The largest absolute Gasteiger partial charge is 0.480 e. The summed E-state index contributed by atoms with van der Waals surface area (Å²) in [6.07, 6.45) is 5.66. The van der Waals surface area contributed by atoms with Gasteiger partial charge in [0.05, 0.1) is 0 Å². The van der Waals surface area contributed by atoms with Crippen LogP contribution >= 0.6 is 0 Å². The summed E-state index contributed by atoms with van der Waals surface area (Å²) in [6, 6.07) is 0. The van der Waals surface area contributed by atoms with Crippen molar-refractivity contribution in [1.29, 1.82) is 0 Å². The number of aliphatic hydroxyl groups excluding tert-OH is 1. The van der Waals surface area contributed by atoms with Crippen molar-refractivity contribution < 1.29 is 15.0 Å². The molecule has 1 rings (SSSR count). The summed E-state index contributed by atoms with van der Waals surface area (Å²) in [5.41, 5.74) is -0.815. The molecule has 4 nitrogen and oxygen atoms in total. The summed E-state index contributed by atoms with van der Waals surface area (Å²) in [6.45, 7) is 2.14. The fourth-order valence-electron chi connectivity index (χ4n) is 1.70. The lowest BCUT2D eigenvalue weighted by molar-refractivity contribution is -0.142. The van der Waals surface area contributed by atoms with Gasteiger partial charge < -0.3 is 10.2 Å². The molecular formula is C11H21NO3. The number of aliphatic hydroxyl groups is 1. The smallest absolute Gasteiger partial charge is 0.323 e. The number of carbonyl (C=O) groups is 1. The predicted octanol–water partition coefficient (Wildman–Crippen LogP) is 1.48. The second kappa shape index (κ2) is 5.47. The Bertz CT molecular complexity index is 214. The molecular weight excluding hydrogens is 194 g/mol. The van der Waals surface area contributed by atoms with Crippen molar-refractivity contribution in [2.75, 3.05) is 0 Å². The first-order valence-corrected chi connectivity index (χ1v) is 5.80. The third-order valence-electron chi connectivity index (χ3n) is 2.93. The highest BCUT2D eigenvalue weighted by atomic mass is 16.4. The molecule has 15 heavy (non-hydrogen) atoms. The third kappa shape index (κ3) is 3.80. The first-order valence-electron chi connectivity index (χ1n) is 5.80. The summed E-state index contributed by atoms with van der Waals surface area (Å²) in [5.74, 6) is -0.838. The lowest BCUT2D eigenvalue weighted by Crippen LogP contribution is -2.45. The number of unbranched alkanes of at least 4 members (excludes halogenated alkanes) is 3. The van der Waals surface area contributed by atoms with Gasteiger partial charge in [-0.25, -0.2) is 0 Å². The highest BCUT2D eigenvalue weighted by Gasteiger charge is 2.51. The van der Waals surface area contributed by atoms with Crippen LogP contribution in [0, 0.1) is 0 Å². The Balaban J connectivity index is 2.13. The predicted molar refractivity (Wildman–Crippen MR) is 57.5 cm³/mol. The van der Waals surface area contributed by atoms with E-state index in [0.29, 0.717) is 19.3 Å². The maximum atomic E-state index is 10.8. The molecule has 0 aromatic rings. The van der Waals surface area contributed by atoms with Gasteiger partial charge in [-0.05, 0) is 25.7 Å². The second-order valence-corrected chi connectivity index (χ2v) is 4.40. The van der Waals surface area contributed by atoms with Crippen LogP contribution in [0.2, 0.25) is 0 Å². The average molecular weight is 215 g/mol. The Kier molecular flexibility index (Phi) is 4.54. The van der Waals surface area contributed by atoms with Crippen LogP contribution in [-0.4, -0.2) is 27.9 Å². The van der Waals surface area contributed by atoms with Crippen LogP contribution < -0.4 is 5.32 Å². The molecule has 0 aromatic carbocycles. The molecule has 4 heteroatoms. The van der Waals surface area contributed by atoms with Crippen LogP contribution in [0.5, 0.6) is 0 Å². The zero-order chi connectivity index (χ0) is 11.3. The molecule has 0 amide bonds. The average Bonchev–Trinajstić information content (AvgIpc) is 2.93. The van der Waals surface area contributed by atoms with E-state index in [-0.39, 0.29) is 0 Å². The molecule has 0 saturated heterocycles. The monoisotopic (exact) mass is 215 g/mol. The van der Waals surface area contributed by atoms with Crippen molar-refractivity contribution in [2.24, 2.45) is 0 Å². The SMILES string of the molecule is CCCCCCC(O)NC1(C(=O)O)CC1. The molecule has 1 aliphatic carbocycles. The molecule has 0 spiro atoms. The molecule has 1 aliphatic rings. The Labute approximate surface area is 90.7 Å². The molecule has 0 bridgehead atoms. The lowest BCUT2D eigenvalue weighted by Gasteiger charge is -2.18. The van der Waals surface area contributed by atoms with Gasteiger partial charge in [0.1, 0.15) is 11.8 Å². The van der Waals surface area contributed by atoms with Crippen LogP contribution in [-0.2, 0) is 4.79 Å². The summed E-state index contributed by atoms with van der Waals surface area (Å²) < 4.78 is 0. The fourth-order valence-corrected chi connectivity index (χ4v) is 1.70. The first kappa shape index (κ1) is 12.5. The van der Waals surface area contributed by atoms with Crippen molar-refractivity contribution in [3.63, 3.8) is 0 Å². The second-order valence-electron chi connectivity index (χ2n) is 4.40. The fraction of sp³-hybridized carbons (Fsp3) is 0.909. The Morgan fingerprint density at radius 3 is 2.53 bits per heavy atom. The lowest BCUT2D eigenvalue weighted by atomic mass is 10.1. The molecule has 1 unspecified atom stereocenters.